The molecule has 2 nitrogen and oxygen atoms in total. The number of aromatic nitrogens is 1. The van der Waals surface area contributed by atoms with E-state index in [9.17, 15) is 8.78 Å². The molecule has 116 valence electrons. The summed E-state index contributed by atoms with van der Waals surface area (Å²) in [6, 6.07) is 6.06. The van der Waals surface area contributed by atoms with Gasteiger partial charge in [-0.1, -0.05) is 20.3 Å². The summed E-state index contributed by atoms with van der Waals surface area (Å²) in [4.78, 5) is 4.32. The SMILES string of the molecule is CC(C)c1cc(F)c(Oc2ccnc(C3CCC3)c2)c(F)c1. The maximum atomic E-state index is 14.1. The molecule has 3 rings (SSSR count). The van der Waals surface area contributed by atoms with Gasteiger partial charge >= 0.3 is 0 Å². The quantitative estimate of drug-likeness (QED) is 0.739. The van der Waals surface area contributed by atoms with Crippen LogP contribution >= 0.6 is 0 Å². The molecule has 0 unspecified atom stereocenters. The summed E-state index contributed by atoms with van der Waals surface area (Å²) in [7, 11) is 0. The molecule has 0 spiro atoms. The smallest absolute Gasteiger partial charge is 0.198 e. The molecule has 1 aliphatic carbocycles. The molecular weight excluding hydrogens is 284 g/mol. The van der Waals surface area contributed by atoms with Gasteiger partial charge in [0.25, 0.3) is 0 Å². The van der Waals surface area contributed by atoms with Crippen LogP contribution in [0.15, 0.2) is 30.5 Å². The number of hydrogen-bond acceptors (Lipinski definition) is 2. The molecule has 2 aromatic rings. The Labute approximate surface area is 129 Å². The molecule has 0 amide bonds. The molecule has 4 heteroatoms. The molecule has 1 aromatic carbocycles. The van der Waals surface area contributed by atoms with Crippen molar-refractivity contribution in [3.63, 3.8) is 0 Å². The Morgan fingerprint density at radius 2 is 1.82 bits per heavy atom. The van der Waals surface area contributed by atoms with Crippen LogP contribution in [0.1, 0.15) is 56.2 Å². The van der Waals surface area contributed by atoms with E-state index in [1.165, 1.54) is 18.6 Å². The van der Waals surface area contributed by atoms with Gasteiger partial charge in [0, 0.05) is 23.9 Å². The number of halogens is 2. The Balaban J connectivity index is 1.86. The molecule has 1 fully saturated rings. The molecule has 0 N–H and O–H groups in total. The first-order chi connectivity index (χ1) is 10.5. The predicted molar refractivity (Wildman–Crippen MR) is 81.4 cm³/mol. The second-order valence-electron chi connectivity index (χ2n) is 6.11. The minimum absolute atomic E-state index is 0.0594. The van der Waals surface area contributed by atoms with Gasteiger partial charge in [-0.15, -0.1) is 0 Å². The van der Waals surface area contributed by atoms with Crippen molar-refractivity contribution in [2.24, 2.45) is 0 Å². The van der Waals surface area contributed by atoms with Crippen LogP contribution in [0.25, 0.3) is 0 Å². The molecular formula is C18H19F2NO. The molecule has 1 aromatic heterocycles. The van der Waals surface area contributed by atoms with E-state index in [0.717, 1.165) is 18.5 Å². The van der Waals surface area contributed by atoms with E-state index >= 15 is 0 Å². The van der Waals surface area contributed by atoms with Gasteiger partial charge < -0.3 is 4.74 Å². The highest BCUT2D eigenvalue weighted by Gasteiger charge is 2.21. The Hall–Kier alpha value is -1.97. The average molecular weight is 303 g/mol. The lowest BCUT2D eigenvalue weighted by molar-refractivity contribution is 0.394. The van der Waals surface area contributed by atoms with Crippen molar-refractivity contribution in [3.8, 4) is 11.5 Å². The van der Waals surface area contributed by atoms with Crippen molar-refractivity contribution in [1.29, 1.82) is 0 Å². The van der Waals surface area contributed by atoms with Gasteiger partial charge in [-0.3, -0.25) is 4.98 Å². The normalized spacial score (nSPS) is 15.0. The zero-order valence-electron chi connectivity index (χ0n) is 12.8. The van der Waals surface area contributed by atoms with E-state index in [0.29, 0.717) is 17.2 Å². The lowest BCUT2D eigenvalue weighted by atomic mass is 9.83. The maximum Gasteiger partial charge on any atom is 0.198 e. The van der Waals surface area contributed by atoms with Gasteiger partial charge in [0.05, 0.1) is 0 Å². The fourth-order valence-electron chi connectivity index (χ4n) is 2.55. The number of pyridine rings is 1. The van der Waals surface area contributed by atoms with Crippen LogP contribution in [0.3, 0.4) is 0 Å². The van der Waals surface area contributed by atoms with Crippen molar-refractivity contribution in [2.75, 3.05) is 0 Å². The summed E-state index contributed by atoms with van der Waals surface area (Å²) in [6.45, 7) is 3.78. The topological polar surface area (TPSA) is 22.1 Å². The highest BCUT2D eigenvalue weighted by atomic mass is 19.1. The third-order valence-corrected chi connectivity index (χ3v) is 4.18. The Bertz CT molecular complexity index is 658. The Morgan fingerprint density at radius 1 is 1.14 bits per heavy atom. The van der Waals surface area contributed by atoms with E-state index in [1.54, 1.807) is 18.3 Å². The first-order valence-corrected chi connectivity index (χ1v) is 7.67. The molecule has 22 heavy (non-hydrogen) atoms. The third kappa shape index (κ3) is 2.96. The lowest BCUT2D eigenvalue weighted by Gasteiger charge is -2.24. The molecule has 0 bridgehead atoms. The Morgan fingerprint density at radius 3 is 2.36 bits per heavy atom. The number of benzene rings is 1. The molecule has 0 saturated heterocycles. The first kappa shape index (κ1) is 14.9. The number of hydrogen-bond donors (Lipinski definition) is 0. The lowest BCUT2D eigenvalue weighted by Crippen LogP contribution is -2.10. The second kappa shape index (κ2) is 6.03. The fraction of sp³-hybridized carbons (Fsp3) is 0.389. The molecule has 1 aliphatic rings. The molecule has 0 aliphatic heterocycles. The van der Waals surface area contributed by atoms with E-state index in [1.807, 2.05) is 13.8 Å². The van der Waals surface area contributed by atoms with Gasteiger partial charge in [-0.2, -0.15) is 0 Å². The van der Waals surface area contributed by atoms with Gasteiger partial charge in [-0.05, 0) is 42.5 Å². The molecule has 0 atom stereocenters. The molecule has 1 saturated carbocycles. The summed E-state index contributed by atoms with van der Waals surface area (Å²) in [5, 5.41) is 0. The minimum Gasteiger partial charge on any atom is -0.451 e. The number of nitrogens with zero attached hydrogens (tertiary/aromatic N) is 1. The summed E-state index contributed by atoms with van der Waals surface area (Å²) in [6.07, 6.45) is 5.06. The van der Waals surface area contributed by atoms with E-state index in [-0.39, 0.29) is 11.7 Å². The monoisotopic (exact) mass is 303 g/mol. The maximum absolute atomic E-state index is 14.1. The van der Waals surface area contributed by atoms with Crippen LogP contribution in [-0.4, -0.2) is 4.98 Å². The van der Waals surface area contributed by atoms with Gasteiger partial charge in [0.2, 0.25) is 0 Å². The highest BCUT2D eigenvalue weighted by Crippen LogP contribution is 2.37. The largest absolute Gasteiger partial charge is 0.451 e. The van der Waals surface area contributed by atoms with Crippen LogP contribution < -0.4 is 4.74 Å². The van der Waals surface area contributed by atoms with Crippen molar-refractivity contribution in [2.45, 2.75) is 44.9 Å². The summed E-state index contributed by atoms with van der Waals surface area (Å²) in [5.74, 6) is -0.774. The van der Waals surface area contributed by atoms with Crippen molar-refractivity contribution >= 4 is 0 Å². The van der Waals surface area contributed by atoms with Crippen molar-refractivity contribution in [1.82, 2.24) is 4.98 Å². The van der Waals surface area contributed by atoms with Crippen LogP contribution in [0.5, 0.6) is 11.5 Å². The van der Waals surface area contributed by atoms with Gasteiger partial charge in [0.1, 0.15) is 5.75 Å². The zero-order valence-corrected chi connectivity index (χ0v) is 12.8. The number of ether oxygens (including phenoxy) is 1. The van der Waals surface area contributed by atoms with Crippen molar-refractivity contribution < 1.29 is 13.5 Å². The predicted octanol–water partition coefficient (Wildman–Crippen LogP) is 5.54. The average Bonchev–Trinajstić information content (AvgIpc) is 2.41. The van der Waals surface area contributed by atoms with E-state index < -0.39 is 11.6 Å². The van der Waals surface area contributed by atoms with Gasteiger partial charge in [-0.25, -0.2) is 8.78 Å². The zero-order chi connectivity index (χ0) is 15.7. The standard InChI is InChI=1S/C18H19F2NO/c1-11(2)13-8-15(19)18(16(20)9-13)22-14-6-7-21-17(10-14)12-4-3-5-12/h6-12H,3-5H2,1-2H3. The fourth-order valence-corrected chi connectivity index (χ4v) is 2.55. The number of rotatable bonds is 4. The second-order valence-corrected chi connectivity index (χ2v) is 6.11. The van der Waals surface area contributed by atoms with Crippen LogP contribution in [0, 0.1) is 11.6 Å². The van der Waals surface area contributed by atoms with E-state index in [4.69, 9.17) is 4.74 Å². The first-order valence-electron chi connectivity index (χ1n) is 7.67. The summed E-state index contributed by atoms with van der Waals surface area (Å²) >= 11 is 0. The minimum atomic E-state index is -0.675. The van der Waals surface area contributed by atoms with Gasteiger partial charge in [0.15, 0.2) is 17.4 Å². The van der Waals surface area contributed by atoms with E-state index in [2.05, 4.69) is 4.98 Å². The summed E-state index contributed by atoms with van der Waals surface area (Å²) in [5.41, 5.74) is 1.55. The Kier molecular flexibility index (Phi) is 4.10. The van der Waals surface area contributed by atoms with Crippen molar-refractivity contribution in [3.05, 3.63) is 53.4 Å². The van der Waals surface area contributed by atoms with Crippen LogP contribution in [0.4, 0.5) is 8.78 Å². The van der Waals surface area contributed by atoms with Crippen LogP contribution in [0.2, 0.25) is 0 Å². The van der Waals surface area contributed by atoms with Crippen LogP contribution in [-0.2, 0) is 0 Å². The summed E-state index contributed by atoms with van der Waals surface area (Å²) < 4.78 is 33.7. The molecule has 0 radical (unpaired) electrons. The highest BCUT2D eigenvalue weighted by molar-refractivity contribution is 5.37. The molecule has 1 heterocycles. The third-order valence-electron chi connectivity index (χ3n) is 4.18.